The van der Waals surface area contributed by atoms with Crippen molar-refractivity contribution in [1.29, 1.82) is 0 Å². The Morgan fingerprint density at radius 2 is 1.00 bits per heavy atom. The molecule has 0 aliphatic carbocycles. The normalized spacial score (nSPS) is 10.4. The molecule has 0 aliphatic heterocycles. The van der Waals surface area contributed by atoms with Crippen LogP contribution in [0, 0.1) is 0 Å². The van der Waals surface area contributed by atoms with Crippen molar-refractivity contribution in [2.75, 3.05) is 0 Å². The van der Waals surface area contributed by atoms with Crippen molar-refractivity contribution in [3.8, 4) is 0 Å². The van der Waals surface area contributed by atoms with E-state index < -0.39 is 0 Å². The number of benzene rings is 2. The minimum absolute atomic E-state index is 0.0782. The van der Waals surface area contributed by atoms with Gasteiger partial charge >= 0.3 is 93.7 Å². The Hall–Kier alpha value is -0.691. The summed E-state index contributed by atoms with van der Waals surface area (Å²) < 4.78 is 0. The SMILES string of the molecule is [Se]=S(c1ccccc1)c1ccccc1. The van der Waals surface area contributed by atoms with Crippen molar-refractivity contribution in [3.63, 3.8) is 0 Å². The van der Waals surface area contributed by atoms with Gasteiger partial charge in [0, 0.05) is 0 Å². The zero-order valence-corrected chi connectivity index (χ0v) is 10.1. The molecule has 0 atom stereocenters. The second kappa shape index (κ2) is 4.70. The van der Waals surface area contributed by atoms with Gasteiger partial charge in [0.25, 0.3) is 0 Å². The first-order valence-electron chi connectivity index (χ1n) is 4.40. The fraction of sp³-hybridized carbons (Fsp3) is 0. The Morgan fingerprint density at radius 3 is 1.36 bits per heavy atom. The monoisotopic (exact) mass is 266 g/mol. The molecule has 0 heterocycles. The Morgan fingerprint density at radius 1 is 0.643 bits per heavy atom. The Labute approximate surface area is 93.6 Å². The second-order valence-corrected chi connectivity index (χ2v) is 6.47. The average molecular weight is 265 g/mol. The molecule has 0 unspecified atom stereocenters. The first kappa shape index (κ1) is 9.85. The van der Waals surface area contributed by atoms with Gasteiger partial charge in [0.2, 0.25) is 0 Å². The van der Waals surface area contributed by atoms with E-state index in [-0.39, 0.29) is 8.82 Å². The summed E-state index contributed by atoms with van der Waals surface area (Å²) in [7, 11) is 0.0782. The molecule has 0 amide bonds. The van der Waals surface area contributed by atoms with E-state index >= 15 is 0 Å². The van der Waals surface area contributed by atoms with Crippen molar-refractivity contribution in [1.82, 2.24) is 0 Å². The summed E-state index contributed by atoms with van der Waals surface area (Å²) in [6.45, 7) is 0. The first-order valence-corrected chi connectivity index (χ1v) is 7.64. The third kappa shape index (κ3) is 2.21. The van der Waals surface area contributed by atoms with E-state index in [2.05, 4.69) is 62.9 Å². The average Bonchev–Trinajstić information content (AvgIpc) is 2.30. The van der Waals surface area contributed by atoms with Gasteiger partial charge in [0.1, 0.15) is 0 Å². The van der Waals surface area contributed by atoms with Crippen molar-refractivity contribution >= 4 is 23.2 Å². The molecule has 2 rings (SSSR count). The molecule has 2 aromatic carbocycles. The van der Waals surface area contributed by atoms with Crippen molar-refractivity contribution in [2.45, 2.75) is 9.79 Å². The molecule has 0 bridgehead atoms. The molecule has 0 N–H and O–H groups in total. The van der Waals surface area contributed by atoms with Gasteiger partial charge in [-0.2, -0.15) is 0 Å². The fourth-order valence-corrected chi connectivity index (χ4v) is 3.70. The molecular formula is C12H10SSe. The summed E-state index contributed by atoms with van der Waals surface area (Å²) in [4.78, 5) is 2.69. The molecule has 0 aromatic heterocycles. The van der Waals surface area contributed by atoms with Crippen LogP contribution in [0.15, 0.2) is 70.5 Å². The quantitative estimate of drug-likeness (QED) is 0.729. The van der Waals surface area contributed by atoms with Crippen LogP contribution in [-0.2, 0) is 0 Å². The third-order valence-corrected chi connectivity index (χ3v) is 5.74. The van der Waals surface area contributed by atoms with Crippen molar-refractivity contribution in [2.24, 2.45) is 0 Å². The van der Waals surface area contributed by atoms with Gasteiger partial charge in [0.05, 0.1) is 0 Å². The van der Waals surface area contributed by atoms with Crippen LogP contribution in [0.2, 0.25) is 0 Å². The molecule has 0 saturated carbocycles. The summed E-state index contributed by atoms with van der Waals surface area (Å²) >= 11 is 3.24. The van der Waals surface area contributed by atoms with Crippen LogP contribution in [0.25, 0.3) is 0 Å². The van der Waals surface area contributed by atoms with E-state index in [1.165, 1.54) is 9.79 Å². The summed E-state index contributed by atoms with van der Waals surface area (Å²) in [6, 6.07) is 21.0. The number of hydrogen-bond donors (Lipinski definition) is 0. The van der Waals surface area contributed by atoms with E-state index in [4.69, 9.17) is 0 Å². The maximum atomic E-state index is 3.24. The molecule has 0 saturated heterocycles. The van der Waals surface area contributed by atoms with Crippen LogP contribution in [0.1, 0.15) is 0 Å². The van der Waals surface area contributed by atoms with Crippen LogP contribution in [0.4, 0.5) is 0 Å². The zero-order valence-electron chi connectivity index (χ0n) is 7.59. The number of rotatable bonds is 2. The number of hydrogen-bond acceptors (Lipinski definition) is 0. The Bertz CT molecular complexity index is 381. The Balaban J connectivity index is 2.35. The summed E-state index contributed by atoms with van der Waals surface area (Å²) in [5, 5.41) is 0. The third-order valence-electron chi connectivity index (χ3n) is 1.91. The molecule has 0 nitrogen and oxygen atoms in total. The molecule has 0 fully saturated rings. The van der Waals surface area contributed by atoms with Gasteiger partial charge in [-0.05, 0) is 0 Å². The second-order valence-electron chi connectivity index (χ2n) is 2.89. The topological polar surface area (TPSA) is 0 Å². The van der Waals surface area contributed by atoms with Crippen LogP contribution in [0.5, 0.6) is 0 Å². The van der Waals surface area contributed by atoms with E-state index in [1.54, 1.807) is 0 Å². The van der Waals surface area contributed by atoms with Gasteiger partial charge in [0.15, 0.2) is 0 Å². The van der Waals surface area contributed by atoms with Crippen LogP contribution in [0.3, 0.4) is 0 Å². The van der Waals surface area contributed by atoms with E-state index in [9.17, 15) is 0 Å². The molecule has 0 spiro atoms. The summed E-state index contributed by atoms with van der Waals surface area (Å²) in [6.07, 6.45) is 0. The van der Waals surface area contributed by atoms with Crippen molar-refractivity contribution < 1.29 is 0 Å². The van der Waals surface area contributed by atoms with Gasteiger partial charge in [-0.1, -0.05) is 0 Å². The van der Waals surface area contributed by atoms with Gasteiger partial charge < -0.3 is 0 Å². The van der Waals surface area contributed by atoms with Gasteiger partial charge in [-0.3, -0.25) is 0 Å². The predicted octanol–water partition coefficient (Wildman–Crippen LogP) is 3.46. The first-order chi connectivity index (χ1) is 6.88. The molecule has 70 valence electrons. The molecule has 2 heteroatoms. The van der Waals surface area contributed by atoms with Crippen LogP contribution >= 0.6 is 8.82 Å². The Kier molecular flexibility index (Phi) is 3.30. The molecule has 0 aliphatic rings. The van der Waals surface area contributed by atoms with E-state index in [0.29, 0.717) is 0 Å². The van der Waals surface area contributed by atoms with Crippen LogP contribution < -0.4 is 0 Å². The summed E-state index contributed by atoms with van der Waals surface area (Å²) in [5.41, 5.74) is 0. The molecule has 2 aromatic rings. The van der Waals surface area contributed by atoms with Gasteiger partial charge in [-0.15, -0.1) is 0 Å². The minimum atomic E-state index is 0.0782. The predicted molar refractivity (Wildman–Crippen MR) is 62.8 cm³/mol. The molecule has 14 heavy (non-hydrogen) atoms. The summed E-state index contributed by atoms with van der Waals surface area (Å²) in [5.74, 6) is 0. The van der Waals surface area contributed by atoms with Crippen molar-refractivity contribution in [3.05, 3.63) is 60.7 Å². The van der Waals surface area contributed by atoms with E-state index in [1.807, 2.05) is 12.1 Å². The maximum absolute atomic E-state index is 3.24. The fourth-order valence-electron chi connectivity index (χ4n) is 1.22. The standard InChI is InChI=1S/C12H10SSe/c14-13(11-7-3-1-4-8-11)12-9-5-2-6-10-12/h1-10H. The zero-order chi connectivity index (χ0) is 9.80. The molecule has 0 radical (unpaired) electrons. The van der Waals surface area contributed by atoms with Gasteiger partial charge in [-0.25, -0.2) is 0 Å². The van der Waals surface area contributed by atoms with E-state index in [0.717, 1.165) is 0 Å². The molecular weight excluding hydrogens is 255 g/mol. The van der Waals surface area contributed by atoms with Crippen LogP contribution in [-0.4, -0.2) is 14.4 Å².